The Morgan fingerprint density at radius 1 is 1.17 bits per heavy atom. The Bertz CT molecular complexity index is 1290. The maximum absolute atomic E-state index is 14.6. The van der Waals surface area contributed by atoms with E-state index >= 15 is 0 Å². The number of aliphatic imine (C=N–C) groups is 1. The highest BCUT2D eigenvalue weighted by atomic mass is 32.1. The van der Waals surface area contributed by atoms with Crippen molar-refractivity contribution in [2.24, 2.45) is 4.99 Å². The highest BCUT2D eigenvalue weighted by Crippen LogP contribution is 2.32. The number of anilines is 1. The number of aryl methyl sites for hydroxylation is 1. The zero-order valence-corrected chi connectivity index (χ0v) is 16.8. The number of amides is 1. The number of furan rings is 1. The van der Waals surface area contributed by atoms with Crippen LogP contribution in [0.1, 0.15) is 27.4 Å². The summed E-state index contributed by atoms with van der Waals surface area (Å²) in [4.78, 5) is 21.3. The van der Waals surface area contributed by atoms with Crippen LogP contribution in [0, 0.1) is 12.7 Å². The highest BCUT2D eigenvalue weighted by Gasteiger charge is 2.21. The lowest BCUT2D eigenvalue weighted by Gasteiger charge is -2.08. The maximum Gasteiger partial charge on any atom is 0.291 e. The summed E-state index contributed by atoms with van der Waals surface area (Å²) in [7, 11) is 0. The molecular formula is C23H16FN3O2S. The Kier molecular flexibility index (Phi) is 4.52. The van der Waals surface area contributed by atoms with Gasteiger partial charge in [-0.25, -0.2) is 14.4 Å². The van der Waals surface area contributed by atoms with Crippen LogP contribution < -0.4 is 5.32 Å². The zero-order chi connectivity index (χ0) is 20.7. The molecule has 0 saturated carbocycles. The molecule has 4 aromatic rings. The van der Waals surface area contributed by atoms with Crippen molar-refractivity contribution in [1.82, 2.24) is 4.98 Å². The van der Waals surface area contributed by atoms with Crippen LogP contribution in [0.4, 0.5) is 15.9 Å². The summed E-state index contributed by atoms with van der Waals surface area (Å²) in [6, 6.07) is 11.8. The summed E-state index contributed by atoms with van der Waals surface area (Å²) in [5.74, 6) is 0.663. The molecule has 0 spiro atoms. The van der Waals surface area contributed by atoms with Crippen LogP contribution in [0.2, 0.25) is 0 Å². The Morgan fingerprint density at radius 3 is 2.83 bits per heavy atom. The summed E-state index contributed by atoms with van der Waals surface area (Å²) in [6.45, 7) is 1.76. The molecule has 5 rings (SSSR count). The molecule has 1 aliphatic heterocycles. The summed E-state index contributed by atoms with van der Waals surface area (Å²) >= 11 is 1.63. The molecule has 30 heavy (non-hydrogen) atoms. The number of carbonyl (C=O) groups excluding carboxylic acids is 1. The summed E-state index contributed by atoms with van der Waals surface area (Å²) < 4.78 is 19.9. The third-order valence-electron chi connectivity index (χ3n) is 4.90. The van der Waals surface area contributed by atoms with Crippen molar-refractivity contribution < 1.29 is 13.6 Å². The molecule has 1 aliphatic rings. The minimum atomic E-state index is -0.397. The Hall–Kier alpha value is -3.58. The second-order valence-electron chi connectivity index (χ2n) is 7.01. The standard InChI is InChI=1S/C23H16FN3O2S/c1-13-2-5-21(29-13)23(28)26-17-3-4-19(24)18(10-17)20-9-15-8-16(11-25-22(15)27-20)14-6-7-30-12-14/h2-8,10-12H,9H2,1H3,(H,26,28). The van der Waals surface area contributed by atoms with E-state index in [1.54, 1.807) is 42.7 Å². The number of pyridine rings is 1. The van der Waals surface area contributed by atoms with Gasteiger partial charge in [-0.05, 0) is 65.7 Å². The molecular weight excluding hydrogens is 401 g/mol. The molecule has 0 unspecified atom stereocenters. The normalized spacial score (nSPS) is 12.5. The molecule has 1 amide bonds. The lowest BCUT2D eigenvalue weighted by molar-refractivity contribution is 0.0995. The number of halogens is 1. The maximum atomic E-state index is 14.6. The van der Waals surface area contributed by atoms with E-state index in [0.29, 0.717) is 35.0 Å². The number of aromatic nitrogens is 1. The number of hydrogen-bond donors (Lipinski definition) is 1. The van der Waals surface area contributed by atoms with E-state index < -0.39 is 5.82 Å². The SMILES string of the molecule is Cc1ccc(C(=O)Nc2ccc(F)c(C3=Nc4ncc(-c5ccsc5)cc4C3)c2)o1. The van der Waals surface area contributed by atoms with Gasteiger partial charge in [-0.3, -0.25) is 4.79 Å². The molecule has 0 atom stereocenters. The van der Waals surface area contributed by atoms with Crippen LogP contribution in [-0.2, 0) is 6.42 Å². The summed E-state index contributed by atoms with van der Waals surface area (Å²) in [6.07, 6.45) is 2.26. The van der Waals surface area contributed by atoms with Crippen molar-refractivity contribution in [2.45, 2.75) is 13.3 Å². The summed E-state index contributed by atoms with van der Waals surface area (Å²) in [5, 5.41) is 6.82. The van der Waals surface area contributed by atoms with E-state index in [1.165, 1.54) is 12.1 Å². The van der Waals surface area contributed by atoms with Gasteiger partial charge >= 0.3 is 0 Å². The number of fused-ring (bicyclic) bond motifs is 1. The Balaban J connectivity index is 1.40. The molecule has 1 N–H and O–H groups in total. The Labute approximate surface area is 175 Å². The fourth-order valence-electron chi connectivity index (χ4n) is 3.40. The van der Waals surface area contributed by atoms with E-state index in [9.17, 15) is 9.18 Å². The van der Waals surface area contributed by atoms with E-state index in [0.717, 1.165) is 16.7 Å². The molecule has 0 radical (unpaired) electrons. The molecule has 3 aromatic heterocycles. The van der Waals surface area contributed by atoms with Gasteiger partial charge in [0.1, 0.15) is 11.6 Å². The minimum Gasteiger partial charge on any atom is -0.456 e. The zero-order valence-electron chi connectivity index (χ0n) is 16.0. The van der Waals surface area contributed by atoms with Crippen LogP contribution in [0.15, 0.2) is 68.8 Å². The molecule has 0 fully saturated rings. The smallest absolute Gasteiger partial charge is 0.291 e. The number of nitrogens with zero attached hydrogens (tertiary/aromatic N) is 2. The third kappa shape index (κ3) is 3.44. The van der Waals surface area contributed by atoms with Crippen LogP contribution in [-0.4, -0.2) is 16.6 Å². The van der Waals surface area contributed by atoms with Crippen molar-refractivity contribution in [3.05, 3.63) is 87.9 Å². The van der Waals surface area contributed by atoms with Crippen molar-refractivity contribution in [3.8, 4) is 11.1 Å². The lowest BCUT2D eigenvalue weighted by atomic mass is 10.0. The second-order valence-corrected chi connectivity index (χ2v) is 7.79. The van der Waals surface area contributed by atoms with E-state index in [-0.39, 0.29) is 11.7 Å². The number of rotatable bonds is 4. The molecule has 0 saturated heterocycles. The van der Waals surface area contributed by atoms with E-state index in [4.69, 9.17) is 4.42 Å². The van der Waals surface area contributed by atoms with Gasteiger partial charge in [0.25, 0.3) is 5.91 Å². The van der Waals surface area contributed by atoms with Crippen molar-refractivity contribution in [2.75, 3.05) is 5.32 Å². The molecule has 4 heterocycles. The fraction of sp³-hybridized carbons (Fsp3) is 0.0870. The first-order valence-electron chi connectivity index (χ1n) is 9.33. The average Bonchev–Trinajstić information content (AvgIpc) is 3.49. The van der Waals surface area contributed by atoms with E-state index in [2.05, 4.69) is 20.7 Å². The van der Waals surface area contributed by atoms with Gasteiger partial charge in [0.2, 0.25) is 0 Å². The van der Waals surface area contributed by atoms with Gasteiger partial charge < -0.3 is 9.73 Å². The second kappa shape index (κ2) is 7.35. The van der Waals surface area contributed by atoms with Gasteiger partial charge in [0.15, 0.2) is 11.6 Å². The topological polar surface area (TPSA) is 67.5 Å². The van der Waals surface area contributed by atoms with Crippen LogP contribution in [0.5, 0.6) is 0 Å². The van der Waals surface area contributed by atoms with Gasteiger partial charge in [-0.1, -0.05) is 0 Å². The number of thiophene rings is 1. The molecule has 1 aromatic carbocycles. The molecule has 0 bridgehead atoms. The predicted octanol–water partition coefficient (Wildman–Crippen LogP) is 5.78. The number of carbonyl (C=O) groups is 1. The first-order chi connectivity index (χ1) is 14.6. The number of hydrogen-bond acceptors (Lipinski definition) is 5. The highest BCUT2D eigenvalue weighted by molar-refractivity contribution is 7.08. The average molecular weight is 417 g/mol. The quantitative estimate of drug-likeness (QED) is 0.458. The first kappa shape index (κ1) is 18.4. The van der Waals surface area contributed by atoms with E-state index in [1.807, 2.05) is 17.5 Å². The Morgan fingerprint density at radius 2 is 2.07 bits per heavy atom. The number of nitrogens with one attached hydrogen (secondary N) is 1. The molecule has 7 heteroatoms. The monoisotopic (exact) mass is 417 g/mol. The van der Waals surface area contributed by atoms with Gasteiger partial charge in [-0.2, -0.15) is 11.3 Å². The lowest BCUT2D eigenvalue weighted by Crippen LogP contribution is -2.12. The number of benzene rings is 1. The van der Waals surface area contributed by atoms with Crippen LogP contribution >= 0.6 is 11.3 Å². The summed E-state index contributed by atoms with van der Waals surface area (Å²) in [5.41, 5.74) is 4.47. The fourth-order valence-corrected chi connectivity index (χ4v) is 4.06. The van der Waals surface area contributed by atoms with Crippen LogP contribution in [0.25, 0.3) is 11.1 Å². The van der Waals surface area contributed by atoms with Crippen molar-refractivity contribution in [1.29, 1.82) is 0 Å². The molecule has 5 nitrogen and oxygen atoms in total. The van der Waals surface area contributed by atoms with Gasteiger partial charge in [0.05, 0.1) is 5.71 Å². The predicted molar refractivity (Wildman–Crippen MR) is 115 cm³/mol. The molecule has 0 aliphatic carbocycles. The van der Waals surface area contributed by atoms with Crippen LogP contribution in [0.3, 0.4) is 0 Å². The van der Waals surface area contributed by atoms with Gasteiger partial charge in [-0.15, -0.1) is 0 Å². The van der Waals surface area contributed by atoms with Gasteiger partial charge in [0, 0.05) is 35.0 Å². The van der Waals surface area contributed by atoms with Crippen molar-refractivity contribution >= 4 is 34.5 Å². The first-order valence-corrected chi connectivity index (χ1v) is 10.3. The largest absolute Gasteiger partial charge is 0.456 e. The van der Waals surface area contributed by atoms with Crippen molar-refractivity contribution in [3.63, 3.8) is 0 Å². The molecule has 148 valence electrons. The minimum absolute atomic E-state index is 0.203. The third-order valence-corrected chi connectivity index (χ3v) is 5.58.